The third kappa shape index (κ3) is 70.5. The first-order valence-corrected chi connectivity index (χ1v) is 43.1. The highest BCUT2D eigenvalue weighted by molar-refractivity contribution is 7.47. The summed E-state index contributed by atoms with van der Waals surface area (Å²) in [5.74, 6) is -1.33. The average Bonchev–Trinajstić information content (AvgIpc) is 1.85. The molecule has 0 amide bonds. The number of phosphoric ester groups is 2. The van der Waals surface area contributed by atoms with E-state index in [2.05, 4.69) is 34.6 Å². The molecule has 0 bridgehead atoms. The molecule has 0 radical (unpaired) electrons. The Hall–Kier alpha value is -1.94. The van der Waals surface area contributed by atoms with Crippen molar-refractivity contribution < 1.29 is 80.2 Å². The fourth-order valence-electron chi connectivity index (χ4n) is 11.9. The summed E-state index contributed by atoms with van der Waals surface area (Å²) in [6, 6.07) is 0. The van der Waals surface area contributed by atoms with Crippen molar-refractivity contribution >= 4 is 39.5 Å². The molecule has 0 saturated carbocycles. The predicted molar refractivity (Wildman–Crippen MR) is 391 cm³/mol. The van der Waals surface area contributed by atoms with E-state index in [9.17, 15) is 43.2 Å². The molecule has 0 aromatic heterocycles. The summed E-state index contributed by atoms with van der Waals surface area (Å²) in [7, 11) is -9.90. The van der Waals surface area contributed by atoms with Crippen LogP contribution in [0.2, 0.25) is 0 Å². The molecule has 0 saturated heterocycles. The van der Waals surface area contributed by atoms with Gasteiger partial charge in [-0.15, -0.1) is 0 Å². The van der Waals surface area contributed by atoms with Crippen molar-refractivity contribution in [1.82, 2.24) is 0 Å². The first-order chi connectivity index (χ1) is 46.5. The zero-order chi connectivity index (χ0) is 70.5. The Bertz CT molecular complexity index is 1840. The second kappa shape index (κ2) is 70.1. The number of carbonyl (C=O) groups excluding carboxylic acids is 4. The third-order valence-corrected chi connectivity index (χ3v) is 19.9. The molecule has 17 nitrogen and oxygen atoms in total. The van der Waals surface area contributed by atoms with Gasteiger partial charge in [0.25, 0.3) is 0 Å². The van der Waals surface area contributed by atoms with Gasteiger partial charge in [0, 0.05) is 25.7 Å². The molecule has 0 aliphatic rings. The van der Waals surface area contributed by atoms with Gasteiger partial charge in [-0.05, 0) is 31.6 Å². The number of hydrogen-bond acceptors (Lipinski definition) is 15. The number of hydrogen-bond donors (Lipinski definition) is 3. The number of aliphatic hydroxyl groups is 1. The first kappa shape index (κ1) is 94.1. The smallest absolute Gasteiger partial charge is 0.462 e. The van der Waals surface area contributed by atoms with Gasteiger partial charge in [-0.2, -0.15) is 0 Å². The molecule has 0 aliphatic carbocycles. The van der Waals surface area contributed by atoms with Gasteiger partial charge in [-0.1, -0.05) is 356 Å². The molecule has 0 aromatic carbocycles. The van der Waals surface area contributed by atoms with Crippen LogP contribution in [-0.2, 0) is 65.4 Å². The van der Waals surface area contributed by atoms with Gasteiger partial charge < -0.3 is 33.8 Å². The van der Waals surface area contributed by atoms with E-state index in [0.29, 0.717) is 25.7 Å². The van der Waals surface area contributed by atoms with Crippen molar-refractivity contribution in [2.75, 3.05) is 39.6 Å². The zero-order valence-electron chi connectivity index (χ0n) is 62.5. The molecular weight excluding hydrogens is 1260 g/mol. The molecule has 0 rings (SSSR count). The van der Waals surface area contributed by atoms with E-state index in [1.165, 1.54) is 218 Å². The summed E-state index contributed by atoms with van der Waals surface area (Å²) in [4.78, 5) is 72.7. The summed E-state index contributed by atoms with van der Waals surface area (Å²) in [5.41, 5.74) is 0. The standard InChI is InChI=1S/C77H150O17P2/c1-6-9-12-15-18-20-22-24-25-26-27-28-29-30-31-34-39-43-48-53-58-63-77(82)94-73(67-88-75(80)61-56-51-46-41-38-35-32-33-36-40-45-49-54-59-70(4)5)69-92-96(85,86)90-65-71(78)64-89-95(83,84)91-68-72(66-87-74(79)60-55-50-44-17-14-11-8-3)93-76(81)62-57-52-47-42-37-23-21-19-16-13-10-7-2/h70-73,78H,6-69H2,1-5H3,(H,83,84)(H,85,86)/t71-,72+,73+/m0/s1. The summed E-state index contributed by atoms with van der Waals surface area (Å²) in [6.45, 7) is 7.27. The van der Waals surface area contributed by atoms with Gasteiger partial charge in [0.1, 0.15) is 19.3 Å². The Morgan fingerprint density at radius 3 is 0.708 bits per heavy atom. The van der Waals surface area contributed by atoms with Crippen LogP contribution in [0.3, 0.4) is 0 Å². The fourth-order valence-corrected chi connectivity index (χ4v) is 13.5. The molecule has 0 fully saturated rings. The minimum Gasteiger partial charge on any atom is -0.462 e. The van der Waals surface area contributed by atoms with E-state index in [1.807, 2.05) is 0 Å². The summed E-state index contributed by atoms with van der Waals surface area (Å²) in [6.07, 6.45) is 59.9. The molecule has 2 unspecified atom stereocenters. The predicted octanol–water partition coefficient (Wildman–Crippen LogP) is 22.9. The van der Waals surface area contributed by atoms with Crippen LogP contribution >= 0.6 is 15.6 Å². The van der Waals surface area contributed by atoms with Gasteiger partial charge in [-0.3, -0.25) is 37.3 Å². The first-order valence-electron chi connectivity index (χ1n) is 40.1. The second-order valence-corrected chi connectivity index (χ2v) is 31.1. The number of rotatable bonds is 77. The van der Waals surface area contributed by atoms with Crippen LogP contribution in [0.5, 0.6) is 0 Å². The van der Waals surface area contributed by atoms with Crippen LogP contribution in [-0.4, -0.2) is 96.7 Å². The number of phosphoric acid groups is 2. The van der Waals surface area contributed by atoms with Crippen molar-refractivity contribution in [3.63, 3.8) is 0 Å². The highest BCUT2D eigenvalue weighted by Gasteiger charge is 2.30. The molecule has 570 valence electrons. The molecular formula is C77H150O17P2. The highest BCUT2D eigenvalue weighted by Crippen LogP contribution is 2.45. The summed E-state index contributed by atoms with van der Waals surface area (Å²) >= 11 is 0. The SMILES string of the molecule is CCCCCCCCCCCCCCCCCCCCCCCC(=O)O[C@H](COC(=O)CCCCCCCCCCCCCCCC(C)C)COP(=O)(O)OC[C@@H](O)COP(=O)(O)OC[C@@H](COC(=O)CCCCCCCCC)OC(=O)CCCCCCCCCCCCCC. The minimum atomic E-state index is -4.96. The van der Waals surface area contributed by atoms with Crippen molar-refractivity contribution in [2.24, 2.45) is 5.92 Å². The lowest BCUT2D eigenvalue weighted by Crippen LogP contribution is -2.30. The van der Waals surface area contributed by atoms with E-state index < -0.39 is 97.5 Å². The molecule has 3 N–H and O–H groups in total. The van der Waals surface area contributed by atoms with Crippen LogP contribution < -0.4 is 0 Å². The number of carbonyl (C=O) groups is 4. The molecule has 0 spiro atoms. The fraction of sp³-hybridized carbons (Fsp3) is 0.948. The Kier molecular flexibility index (Phi) is 68.7. The van der Waals surface area contributed by atoms with E-state index in [1.54, 1.807) is 0 Å². The Morgan fingerprint density at radius 2 is 0.479 bits per heavy atom. The number of unbranched alkanes of at least 4 members (excludes halogenated alkanes) is 49. The van der Waals surface area contributed by atoms with Gasteiger partial charge in [0.05, 0.1) is 26.4 Å². The zero-order valence-corrected chi connectivity index (χ0v) is 64.3. The lowest BCUT2D eigenvalue weighted by Gasteiger charge is -2.21. The normalized spacial score (nSPS) is 13.9. The van der Waals surface area contributed by atoms with Crippen molar-refractivity contribution in [3.8, 4) is 0 Å². The lowest BCUT2D eigenvalue weighted by molar-refractivity contribution is -0.161. The largest absolute Gasteiger partial charge is 0.472 e. The van der Waals surface area contributed by atoms with Crippen LogP contribution in [0.15, 0.2) is 0 Å². The van der Waals surface area contributed by atoms with Crippen LogP contribution in [0.4, 0.5) is 0 Å². The van der Waals surface area contributed by atoms with Gasteiger partial charge in [0.2, 0.25) is 0 Å². The molecule has 0 aromatic rings. The average molecular weight is 1410 g/mol. The summed E-state index contributed by atoms with van der Waals surface area (Å²) < 4.78 is 68.4. The topological polar surface area (TPSA) is 237 Å². The maximum Gasteiger partial charge on any atom is 0.472 e. The van der Waals surface area contributed by atoms with E-state index in [4.69, 9.17) is 37.0 Å². The van der Waals surface area contributed by atoms with Crippen LogP contribution in [0, 0.1) is 5.92 Å². The Labute approximate surface area is 588 Å². The molecule has 0 heterocycles. The molecule has 19 heteroatoms. The lowest BCUT2D eigenvalue weighted by atomic mass is 10.0. The third-order valence-electron chi connectivity index (χ3n) is 18.0. The Morgan fingerprint density at radius 1 is 0.281 bits per heavy atom. The van der Waals surface area contributed by atoms with Gasteiger partial charge >= 0.3 is 39.5 Å². The van der Waals surface area contributed by atoms with Gasteiger partial charge in [-0.25, -0.2) is 9.13 Å². The maximum atomic E-state index is 13.1. The van der Waals surface area contributed by atoms with E-state index >= 15 is 0 Å². The minimum absolute atomic E-state index is 0.107. The molecule has 5 atom stereocenters. The number of aliphatic hydroxyl groups excluding tert-OH is 1. The van der Waals surface area contributed by atoms with Crippen molar-refractivity contribution in [3.05, 3.63) is 0 Å². The van der Waals surface area contributed by atoms with E-state index in [-0.39, 0.29) is 25.7 Å². The number of esters is 4. The molecule has 0 aliphatic heterocycles. The van der Waals surface area contributed by atoms with Crippen LogP contribution in [0.1, 0.15) is 407 Å². The molecule has 96 heavy (non-hydrogen) atoms. The monoisotopic (exact) mass is 1410 g/mol. The van der Waals surface area contributed by atoms with Crippen molar-refractivity contribution in [2.45, 2.75) is 425 Å². The second-order valence-electron chi connectivity index (χ2n) is 28.2. The quantitative estimate of drug-likeness (QED) is 0.0222. The van der Waals surface area contributed by atoms with Crippen molar-refractivity contribution in [1.29, 1.82) is 0 Å². The maximum absolute atomic E-state index is 13.1. The van der Waals surface area contributed by atoms with Crippen LogP contribution in [0.25, 0.3) is 0 Å². The van der Waals surface area contributed by atoms with Gasteiger partial charge in [0.15, 0.2) is 12.2 Å². The highest BCUT2D eigenvalue weighted by atomic mass is 31.2. The Balaban J connectivity index is 5.16. The van der Waals surface area contributed by atoms with E-state index in [0.717, 1.165) is 109 Å². The summed E-state index contributed by atoms with van der Waals surface area (Å²) in [5, 5.41) is 10.6. The number of ether oxygens (including phenoxy) is 4.